The first-order chi connectivity index (χ1) is 17.9. The molecule has 0 aliphatic carbocycles. The van der Waals surface area contributed by atoms with Crippen LogP contribution in [0.3, 0.4) is 0 Å². The molecule has 1 aromatic heterocycles. The second-order valence-electron chi connectivity index (χ2n) is 8.86. The van der Waals surface area contributed by atoms with Crippen LogP contribution in [0.4, 0.5) is 11.4 Å². The summed E-state index contributed by atoms with van der Waals surface area (Å²) in [7, 11) is 5.00. The van der Waals surface area contributed by atoms with E-state index in [1.54, 1.807) is 33.7 Å². The molecular formula is C28H34N6O3. The van der Waals surface area contributed by atoms with Crippen molar-refractivity contribution in [3.05, 3.63) is 66.8 Å². The van der Waals surface area contributed by atoms with Crippen molar-refractivity contribution in [2.75, 3.05) is 52.3 Å². The summed E-state index contributed by atoms with van der Waals surface area (Å²) in [6.45, 7) is 9.17. The van der Waals surface area contributed by atoms with Crippen molar-refractivity contribution in [3.63, 3.8) is 0 Å². The highest BCUT2D eigenvalue weighted by Crippen LogP contribution is 2.34. The van der Waals surface area contributed by atoms with Crippen molar-refractivity contribution >= 4 is 34.2 Å². The molecule has 4 rings (SSSR count). The van der Waals surface area contributed by atoms with Gasteiger partial charge in [-0.05, 0) is 25.1 Å². The summed E-state index contributed by atoms with van der Waals surface area (Å²) in [4.78, 5) is 18.1. The number of rotatable bonds is 9. The molecule has 2 N–H and O–H groups in total. The Hall–Kier alpha value is -4.11. The lowest BCUT2D eigenvalue weighted by molar-refractivity contribution is 0.0357. The maximum absolute atomic E-state index is 5.80. The van der Waals surface area contributed by atoms with E-state index in [0.717, 1.165) is 41.3 Å². The van der Waals surface area contributed by atoms with Crippen LogP contribution in [-0.4, -0.2) is 74.6 Å². The first kappa shape index (κ1) is 26.0. The Kier molecular flexibility index (Phi) is 8.25. The van der Waals surface area contributed by atoms with E-state index >= 15 is 0 Å². The third kappa shape index (κ3) is 6.18. The second kappa shape index (κ2) is 11.7. The van der Waals surface area contributed by atoms with Gasteiger partial charge in [0.1, 0.15) is 23.4 Å². The standard InChI is InChI=1S/C28H34N6O3/c1-19-17-33(18-20(2)37-19)8-9-34(23-10-24(35-4)13-25(11-23)36-5)22-6-7-26-27(12-22)32-28(16-31-26)21(14-29)15-30-3/h6-7,10-16,20H,1,8-9,17-18,29H2,2-5H3/t20-/m1/s1. The molecule has 0 spiro atoms. The summed E-state index contributed by atoms with van der Waals surface area (Å²) in [6.07, 6.45) is 4.97. The van der Waals surface area contributed by atoms with Gasteiger partial charge in [0.15, 0.2) is 0 Å². The maximum atomic E-state index is 5.80. The number of aromatic nitrogens is 2. The van der Waals surface area contributed by atoms with Crippen LogP contribution in [0.1, 0.15) is 12.6 Å². The molecule has 0 saturated carbocycles. The maximum Gasteiger partial charge on any atom is 0.124 e. The molecule has 9 nitrogen and oxygen atoms in total. The molecule has 3 aromatic rings. The van der Waals surface area contributed by atoms with E-state index in [1.165, 1.54) is 6.20 Å². The van der Waals surface area contributed by atoms with Crippen LogP contribution >= 0.6 is 0 Å². The van der Waals surface area contributed by atoms with Crippen LogP contribution in [-0.2, 0) is 4.74 Å². The molecule has 37 heavy (non-hydrogen) atoms. The summed E-state index contributed by atoms with van der Waals surface area (Å²) in [5.41, 5.74) is 10.6. The van der Waals surface area contributed by atoms with Crippen molar-refractivity contribution in [1.29, 1.82) is 0 Å². The SMILES string of the molecule is C=C1CN(CCN(c2cc(OC)cc(OC)c2)c2ccc3ncc(C(C=NC)=CN)nc3c2)C[C@@H](C)O1. The minimum atomic E-state index is 0.109. The minimum absolute atomic E-state index is 0.109. The highest BCUT2D eigenvalue weighted by Gasteiger charge is 2.21. The van der Waals surface area contributed by atoms with Gasteiger partial charge < -0.3 is 24.8 Å². The molecule has 0 bridgehead atoms. The average molecular weight is 503 g/mol. The fraction of sp³-hybridized carbons (Fsp3) is 0.321. The molecule has 0 amide bonds. The Labute approximate surface area is 217 Å². The number of methoxy groups -OCH3 is 2. The van der Waals surface area contributed by atoms with Gasteiger partial charge in [-0.2, -0.15) is 0 Å². The third-order valence-electron chi connectivity index (χ3n) is 6.15. The fourth-order valence-electron chi connectivity index (χ4n) is 4.44. The van der Waals surface area contributed by atoms with E-state index < -0.39 is 0 Å². The number of benzene rings is 2. The lowest BCUT2D eigenvalue weighted by Gasteiger charge is -2.35. The van der Waals surface area contributed by atoms with Gasteiger partial charge in [-0.15, -0.1) is 0 Å². The lowest BCUT2D eigenvalue weighted by Crippen LogP contribution is -2.43. The molecule has 1 aliphatic heterocycles. The molecule has 1 atom stereocenters. The van der Waals surface area contributed by atoms with Crippen LogP contribution < -0.4 is 20.1 Å². The number of morpholine rings is 1. The van der Waals surface area contributed by atoms with Crippen LogP contribution in [0.2, 0.25) is 0 Å². The van der Waals surface area contributed by atoms with Crippen molar-refractivity contribution in [3.8, 4) is 11.5 Å². The number of aliphatic imine (C=N–C) groups is 1. The number of hydrogen-bond donors (Lipinski definition) is 1. The average Bonchev–Trinajstić information content (AvgIpc) is 2.90. The van der Waals surface area contributed by atoms with Gasteiger partial charge >= 0.3 is 0 Å². The van der Waals surface area contributed by atoms with E-state index in [1.807, 2.05) is 30.3 Å². The third-order valence-corrected chi connectivity index (χ3v) is 6.15. The molecule has 2 heterocycles. The number of nitrogens with zero attached hydrogens (tertiary/aromatic N) is 5. The summed E-state index contributed by atoms with van der Waals surface area (Å²) < 4.78 is 16.8. The van der Waals surface area contributed by atoms with E-state index in [9.17, 15) is 0 Å². The Morgan fingerprint density at radius 3 is 2.59 bits per heavy atom. The molecule has 194 valence electrons. The largest absolute Gasteiger partial charge is 0.497 e. The first-order valence-electron chi connectivity index (χ1n) is 12.1. The Morgan fingerprint density at radius 2 is 1.95 bits per heavy atom. The normalized spacial score (nSPS) is 16.7. The Morgan fingerprint density at radius 1 is 1.19 bits per heavy atom. The molecular weight excluding hydrogens is 468 g/mol. The van der Waals surface area contributed by atoms with Crippen LogP contribution in [0.5, 0.6) is 11.5 Å². The molecule has 1 aliphatic rings. The Balaban J connectivity index is 1.74. The van der Waals surface area contributed by atoms with Crippen LogP contribution in [0.15, 0.2) is 66.1 Å². The van der Waals surface area contributed by atoms with Gasteiger partial charge in [-0.25, -0.2) is 4.98 Å². The van der Waals surface area contributed by atoms with Gasteiger partial charge in [-0.1, -0.05) is 6.58 Å². The summed E-state index contributed by atoms with van der Waals surface area (Å²) >= 11 is 0. The van der Waals surface area contributed by atoms with E-state index in [2.05, 4.69) is 39.3 Å². The predicted octanol–water partition coefficient (Wildman–Crippen LogP) is 4.02. The number of ether oxygens (including phenoxy) is 3. The van der Waals surface area contributed by atoms with Crippen molar-refractivity contribution in [2.45, 2.75) is 13.0 Å². The van der Waals surface area contributed by atoms with Crippen molar-refractivity contribution < 1.29 is 14.2 Å². The first-order valence-corrected chi connectivity index (χ1v) is 12.1. The fourth-order valence-corrected chi connectivity index (χ4v) is 4.44. The predicted molar refractivity (Wildman–Crippen MR) is 149 cm³/mol. The summed E-state index contributed by atoms with van der Waals surface area (Å²) in [5, 5.41) is 0. The monoisotopic (exact) mass is 502 g/mol. The lowest BCUT2D eigenvalue weighted by atomic mass is 10.1. The topological polar surface area (TPSA) is 98.3 Å². The zero-order valence-electron chi connectivity index (χ0n) is 21.8. The number of hydrogen-bond acceptors (Lipinski definition) is 9. The molecule has 2 aromatic carbocycles. The second-order valence-corrected chi connectivity index (χ2v) is 8.86. The highest BCUT2D eigenvalue weighted by atomic mass is 16.5. The van der Waals surface area contributed by atoms with Crippen molar-refractivity contribution in [1.82, 2.24) is 14.9 Å². The number of allylic oxidation sites excluding steroid dienone is 1. The molecule has 9 heteroatoms. The molecule has 0 unspecified atom stereocenters. The molecule has 0 radical (unpaired) electrons. The molecule has 1 saturated heterocycles. The summed E-state index contributed by atoms with van der Waals surface area (Å²) in [6, 6.07) is 11.9. The number of fused-ring (bicyclic) bond motifs is 1. The Bertz CT molecular complexity index is 1300. The van der Waals surface area contributed by atoms with Gasteiger partial charge in [0.05, 0.1) is 43.7 Å². The highest BCUT2D eigenvalue weighted by molar-refractivity contribution is 6.09. The van der Waals surface area contributed by atoms with Gasteiger partial charge in [0, 0.05) is 74.2 Å². The quantitative estimate of drug-likeness (QED) is 0.438. The summed E-state index contributed by atoms with van der Waals surface area (Å²) in [5.74, 6) is 2.22. The van der Waals surface area contributed by atoms with E-state index in [0.29, 0.717) is 35.9 Å². The zero-order valence-corrected chi connectivity index (χ0v) is 21.8. The zero-order chi connectivity index (χ0) is 26.4. The van der Waals surface area contributed by atoms with E-state index in [4.69, 9.17) is 24.9 Å². The number of nitrogens with two attached hydrogens (primary N) is 1. The van der Waals surface area contributed by atoms with Crippen molar-refractivity contribution in [2.24, 2.45) is 10.7 Å². The van der Waals surface area contributed by atoms with Crippen LogP contribution in [0, 0.1) is 0 Å². The van der Waals surface area contributed by atoms with Crippen LogP contribution in [0.25, 0.3) is 16.6 Å². The minimum Gasteiger partial charge on any atom is -0.497 e. The van der Waals surface area contributed by atoms with Gasteiger partial charge in [0.2, 0.25) is 0 Å². The smallest absolute Gasteiger partial charge is 0.124 e. The number of anilines is 2. The van der Waals surface area contributed by atoms with E-state index in [-0.39, 0.29) is 6.10 Å². The van der Waals surface area contributed by atoms with Gasteiger partial charge in [0.25, 0.3) is 0 Å². The molecule has 1 fully saturated rings. The van der Waals surface area contributed by atoms with Gasteiger partial charge in [-0.3, -0.25) is 14.9 Å².